The van der Waals surface area contributed by atoms with Crippen LogP contribution in [0.5, 0.6) is 0 Å². The first-order valence-electron chi connectivity index (χ1n) is 11.1. The normalized spacial score (nSPS) is 19.5. The van der Waals surface area contributed by atoms with Gasteiger partial charge in [0.2, 0.25) is 5.62 Å². The van der Waals surface area contributed by atoms with E-state index in [-0.39, 0.29) is 12.2 Å². The number of halogens is 3. The van der Waals surface area contributed by atoms with Gasteiger partial charge in [-0.2, -0.15) is 0 Å². The van der Waals surface area contributed by atoms with Gasteiger partial charge >= 0.3 is 0 Å². The predicted molar refractivity (Wildman–Crippen MR) is 142 cm³/mol. The van der Waals surface area contributed by atoms with Gasteiger partial charge in [0.05, 0.1) is 40.4 Å². The van der Waals surface area contributed by atoms with Crippen LogP contribution in [-0.4, -0.2) is 25.2 Å². The van der Waals surface area contributed by atoms with Gasteiger partial charge in [0, 0.05) is 10.1 Å². The fourth-order valence-corrected chi connectivity index (χ4v) is 4.55. The van der Waals surface area contributed by atoms with E-state index in [4.69, 9.17) is 46.1 Å². The van der Waals surface area contributed by atoms with E-state index in [1.54, 1.807) is 33.5 Å². The van der Waals surface area contributed by atoms with Crippen molar-refractivity contribution in [3.05, 3.63) is 93.8 Å². The Bertz CT molecular complexity index is 1390. The van der Waals surface area contributed by atoms with E-state index < -0.39 is 11.0 Å². The Kier molecular flexibility index (Phi) is 7.47. The highest BCUT2D eigenvalue weighted by molar-refractivity contribution is 6.39. The van der Waals surface area contributed by atoms with Crippen molar-refractivity contribution in [2.45, 2.75) is 37.4 Å². The second-order valence-electron chi connectivity index (χ2n) is 8.80. The van der Waals surface area contributed by atoms with Crippen molar-refractivity contribution < 1.29 is 10.8 Å². The van der Waals surface area contributed by atoms with Gasteiger partial charge in [-0.1, -0.05) is 47.5 Å². The first-order chi connectivity index (χ1) is 16.6. The third-order valence-corrected chi connectivity index (χ3v) is 7.24. The molecule has 2 aromatic carbocycles. The summed E-state index contributed by atoms with van der Waals surface area (Å²) in [6.07, 6.45) is 4.97. The molecule has 4 rings (SSSR count). The van der Waals surface area contributed by atoms with Gasteiger partial charge in [-0.3, -0.25) is 10.4 Å². The number of fused-ring (bicyclic) bond motifs is 1. The van der Waals surface area contributed by atoms with Crippen LogP contribution in [0.15, 0.2) is 83.2 Å². The molecule has 0 saturated carbocycles. The molecule has 0 aliphatic heterocycles. The molecule has 3 aromatic rings. The fraction of sp³-hybridized carbons (Fsp3) is 0.240. The minimum atomic E-state index is -0.868. The highest BCUT2D eigenvalue weighted by Gasteiger charge is 2.29. The molecule has 0 amide bonds. The van der Waals surface area contributed by atoms with Gasteiger partial charge in [0.25, 0.3) is 0 Å². The number of aliphatic hydroxyl groups is 1. The van der Waals surface area contributed by atoms with E-state index in [1.807, 2.05) is 49.4 Å². The van der Waals surface area contributed by atoms with E-state index in [1.165, 1.54) is 5.01 Å². The second kappa shape index (κ2) is 10.2. The van der Waals surface area contributed by atoms with Crippen molar-refractivity contribution in [1.29, 1.82) is 5.41 Å². The van der Waals surface area contributed by atoms with Gasteiger partial charge in [-0.25, -0.2) is 5.84 Å². The molecule has 0 saturated heterocycles. The average Bonchev–Trinajstić information content (AvgIpc) is 3.06. The lowest BCUT2D eigenvalue weighted by Gasteiger charge is -2.26. The Labute approximate surface area is 218 Å². The van der Waals surface area contributed by atoms with Gasteiger partial charge in [0.15, 0.2) is 0 Å². The quantitative estimate of drug-likeness (QED) is 0.210. The van der Waals surface area contributed by atoms with Crippen molar-refractivity contribution in [2.24, 2.45) is 5.84 Å². The Morgan fingerprint density at radius 1 is 1.23 bits per heavy atom. The predicted octanol–water partition coefficient (Wildman–Crippen LogP) is 3.85. The van der Waals surface area contributed by atoms with Gasteiger partial charge in [-0.15, -0.1) is 11.6 Å². The van der Waals surface area contributed by atoms with Crippen molar-refractivity contribution in [3.63, 3.8) is 0 Å². The summed E-state index contributed by atoms with van der Waals surface area (Å²) < 4.78 is 3.54. The number of imidazole rings is 1. The molecule has 2 unspecified atom stereocenters. The maximum atomic E-state index is 11.0. The van der Waals surface area contributed by atoms with Crippen molar-refractivity contribution >= 4 is 51.5 Å². The van der Waals surface area contributed by atoms with E-state index in [0.717, 1.165) is 16.7 Å². The lowest BCUT2D eigenvalue weighted by molar-refractivity contribution is -0.308. The number of rotatable bonds is 7. The molecule has 184 valence electrons. The number of para-hydroxylation sites is 1. The maximum absolute atomic E-state index is 11.0. The van der Waals surface area contributed by atoms with E-state index in [2.05, 4.69) is 5.73 Å². The first-order valence-corrected chi connectivity index (χ1v) is 12.2. The molecule has 0 radical (unpaired) electrons. The number of nitrogens with two attached hydrogens (primary N) is 1. The van der Waals surface area contributed by atoms with Gasteiger partial charge in [-0.05, 0) is 55.3 Å². The van der Waals surface area contributed by atoms with Crippen LogP contribution in [0.25, 0.3) is 11.0 Å². The van der Waals surface area contributed by atoms with Crippen LogP contribution in [-0.2, 0) is 13.1 Å². The van der Waals surface area contributed by atoms with Crippen LogP contribution in [0.1, 0.15) is 13.3 Å². The zero-order valence-corrected chi connectivity index (χ0v) is 21.5. The molecular formula is C25H28Cl3N6O+. The number of nitrogens with zero attached hydrogens (tertiary/aromatic N) is 3. The number of allylic oxidation sites excluding steroid dienone is 3. The number of alkyl halides is 1. The fourth-order valence-electron chi connectivity index (χ4n) is 4.05. The summed E-state index contributed by atoms with van der Waals surface area (Å²) in [6.45, 7) is 2.32. The number of hydrazine groups is 1. The number of quaternary nitrogens is 1. The first kappa shape index (κ1) is 25.6. The van der Waals surface area contributed by atoms with Crippen molar-refractivity contribution in [1.82, 2.24) is 9.13 Å². The van der Waals surface area contributed by atoms with Crippen LogP contribution < -0.4 is 22.2 Å². The number of hydrogen-bond donors (Lipinski definition) is 4. The molecule has 2 atom stereocenters. The number of hydrogen-bond acceptors (Lipinski definition) is 4. The summed E-state index contributed by atoms with van der Waals surface area (Å²) in [4.78, 5) is -0.668. The number of aliphatic hydroxyl groups excluding tert-OH is 1. The molecule has 1 aliphatic carbocycles. The van der Waals surface area contributed by atoms with E-state index in [9.17, 15) is 5.11 Å². The monoisotopic (exact) mass is 533 g/mol. The summed E-state index contributed by atoms with van der Waals surface area (Å²) in [5, 5.41) is 22.4. The molecule has 35 heavy (non-hydrogen) atoms. The molecule has 1 aliphatic rings. The summed E-state index contributed by atoms with van der Waals surface area (Å²) in [6, 6.07) is 14.9. The molecule has 1 heterocycles. The Hall–Kier alpha value is -2.52. The van der Waals surface area contributed by atoms with Gasteiger partial charge in [0.1, 0.15) is 12.2 Å². The molecule has 0 bridgehead atoms. The van der Waals surface area contributed by atoms with E-state index >= 15 is 0 Å². The Morgan fingerprint density at radius 2 is 1.94 bits per heavy atom. The average molecular weight is 535 g/mol. The van der Waals surface area contributed by atoms with Crippen LogP contribution >= 0.6 is 34.8 Å². The van der Waals surface area contributed by atoms with Crippen LogP contribution in [0.3, 0.4) is 0 Å². The topological polar surface area (TPSA) is 111 Å². The zero-order chi connectivity index (χ0) is 25.3. The minimum Gasteiger partial charge on any atom is -0.387 e. The lowest BCUT2D eigenvalue weighted by atomic mass is 9.94. The standard InChI is InChI=1S/C25H27Cl3N6O/c1-25(28)10-9-16(11-23(25)27)22(35)15-33-20-8-7-17(26)12-21(20)32(24(33)30)13-18(29)14-34(31)19-5-3-2-4-6-19/h2-9,11-12,14,22,30,35H,10,13,15,29,31H2,1H3/p+1/b18-14-,30-24?. The highest BCUT2D eigenvalue weighted by atomic mass is 35.5. The molecule has 7 nitrogen and oxygen atoms in total. The van der Waals surface area contributed by atoms with E-state index in [0.29, 0.717) is 34.3 Å². The molecule has 0 fully saturated rings. The van der Waals surface area contributed by atoms with Crippen molar-refractivity contribution in [2.75, 3.05) is 5.01 Å². The largest absolute Gasteiger partial charge is 0.387 e. The smallest absolute Gasteiger partial charge is 0.203 e. The number of aromatic nitrogens is 2. The third kappa shape index (κ3) is 5.51. The number of nitrogens with one attached hydrogen (secondary N) is 1. The Morgan fingerprint density at radius 3 is 2.63 bits per heavy atom. The van der Waals surface area contributed by atoms with Crippen LogP contribution in [0, 0.1) is 5.41 Å². The zero-order valence-electron chi connectivity index (χ0n) is 19.3. The van der Waals surface area contributed by atoms with Crippen molar-refractivity contribution in [3.8, 4) is 0 Å². The molecule has 0 spiro atoms. The summed E-state index contributed by atoms with van der Waals surface area (Å²) in [7, 11) is 0. The number of benzene rings is 2. The maximum Gasteiger partial charge on any atom is 0.203 e. The lowest BCUT2D eigenvalue weighted by Crippen LogP contribution is -2.51. The third-order valence-electron chi connectivity index (χ3n) is 6.02. The van der Waals surface area contributed by atoms with Crippen LogP contribution in [0.4, 0.5) is 5.69 Å². The summed E-state index contributed by atoms with van der Waals surface area (Å²) >= 11 is 19.0. The minimum absolute atomic E-state index is 0.165. The second-order valence-corrected chi connectivity index (χ2v) is 10.5. The summed E-state index contributed by atoms with van der Waals surface area (Å²) in [5.74, 6) is 6.18. The summed E-state index contributed by atoms with van der Waals surface area (Å²) in [5.41, 5.74) is 8.05. The molecular weight excluding hydrogens is 507 g/mol. The molecule has 10 heteroatoms. The SMILES string of the molecule is CC1(Cl)CC=C(C(O)Cn2c(=N)n(C/C([NH3+])=C/N(N)c3ccccc3)c3cc(Cl)ccc32)C=C1Cl. The van der Waals surface area contributed by atoms with Crippen LogP contribution in [0.2, 0.25) is 5.02 Å². The van der Waals surface area contributed by atoms with Gasteiger partial charge < -0.3 is 20.0 Å². The highest BCUT2D eigenvalue weighted by Crippen LogP contribution is 2.37. The molecule has 7 N–H and O–H groups in total. The number of anilines is 1. The Balaban J connectivity index is 1.66. The molecule has 1 aromatic heterocycles.